The molecule has 0 aliphatic carbocycles. The van der Waals surface area contributed by atoms with Crippen molar-refractivity contribution in [3.05, 3.63) is 45.9 Å². The molecule has 0 aliphatic rings. The molecule has 1 N–H and O–H groups in total. The first-order valence-corrected chi connectivity index (χ1v) is 10.0. The van der Waals surface area contributed by atoms with Crippen molar-refractivity contribution in [3.63, 3.8) is 0 Å². The van der Waals surface area contributed by atoms with Crippen LogP contribution < -0.4 is 19.5 Å². The molecular formula is C21H24Cl2N2O5. The third-order valence-electron chi connectivity index (χ3n) is 4.35. The highest BCUT2D eigenvalue weighted by molar-refractivity contribution is 6.33. The van der Waals surface area contributed by atoms with Crippen LogP contribution in [0.1, 0.15) is 24.2 Å². The van der Waals surface area contributed by atoms with E-state index >= 15 is 0 Å². The summed E-state index contributed by atoms with van der Waals surface area (Å²) >= 11 is 12.4. The molecule has 0 unspecified atom stereocenters. The number of methoxy groups -OCH3 is 2. The lowest BCUT2D eigenvalue weighted by molar-refractivity contribution is -0.132. The Balaban J connectivity index is 2.09. The smallest absolute Gasteiger partial charge is 0.260 e. The summed E-state index contributed by atoms with van der Waals surface area (Å²) in [6.07, 6.45) is 0. The molecule has 2 aromatic rings. The average Bonchev–Trinajstić information content (AvgIpc) is 2.73. The van der Waals surface area contributed by atoms with Crippen LogP contribution in [-0.2, 0) is 4.79 Å². The van der Waals surface area contributed by atoms with Gasteiger partial charge in [0.05, 0.1) is 24.3 Å². The van der Waals surface area contributed by atoms with E-state index in [1.54, 1.807) is 23.1 Å². The molecule has 0 saturated carbocycles. The Kier molecular flexibility index (Phi) is 8.62. The molecule has 0 bridgehead atoms. The van der Waals surface area contributed by atoms with E-state index in [9.17, 15) is 9.59 Å². The predicted molar refractivity (Wildman–Crippen MR) is 117 cm³/mol. The van der Waals surface area contributed by atoms with Gasteiger partial charge in [-0.25, -0.2) is 0 Å². The Labute approximate surface area is 185 Å². The van der Waals surface area contributed by atoms with Crippen molar-refractivity contribution in [1.29, 1.82) is 0 Å². The second-order valence-electron chi connectivity index (χ2n) is 6.15. The lowest BCUT2D eigenvalue weighted by Gasteiger charge is -2.19. The number of halogens is 2. The maximum atomic E-state index is 12.6. The molecule has 2 aromatic carbocycles. The fourth-order valence-electron chi connectivity index (χ4n) is 2.76. The van der Waals surface area contributed by atoms with Gasteiger partial charge in [0, 0.05) is 24.3 Å². The van der Waals surface area contributed by atoms with Gasteiger partial charge in [-0.3, -0.25) is 9.59 Å². The fraction of sp³-hybridized carbons (Fsp3) is 0.333. The summed E-state index contributed by atoms with van der Waals surface area (Å²) in [4.78, 5) is 26.3. The molecule has 9 heteroatoms. The van der Waals surface area contributed by atoms with Crippen molar-refractivity contribution >= 4 is 40.7 Å². The van der Waals surface area contributed by atoms with Gasteiger partial charge in [0.2, 0.25) is 0 Å². The first kappa shape index (κ1) is 23.6. The summed E-state index contributed by atoms with van der Waals surface area (Å²) in [6, 6.07) is 7.77. The average molecular weight is 455 g/mol. The molecule has 2 rings (SSSR count). The number of nitrogens with one attached hydrogen (secondary N) is 1. The van der Waals surface area contributed by atoms with Gasteiger partial charge in [-0.15, -0.1) is 0 Å². The summed E-state index contributed by atoms with van der Waals surface area (Å²) in [7, 11) is 2.92. The Bertz CT molecular complexity index is 917. The van der Waals surface area contributed by atoms with Crippen molar-refractivity contribution in [1.82, 2.24) is 4.90 Å². The van der Waals surface area contributed by atoms with Gasteiger partial charge in [-0.1, -0.05) is 23.2 Å². The van der Waals surface area contributed by atoms with E-state index in [1.165, 1.54) is 26.4 Å². The van der Waals surface area contributed by atoms with Crippen molar-refractivity contribution in [2.24, 2.45) is 0 Å². The van der Waals surface area contributed by atoms with Crippen LogP contribution in [0.25, 0.3) is 0 Å². The summed E-state index contributed by atoms with van der Waals surface area (Å²) in [5.41, 5.74) is 0.747. The maximum absolute atomic E-state index is 12.6. The van der Waals surface area contributed by atoms with Crippen LogP contribution in [0.3, 0.4) is 0 Å². The van der Waals surface area contributed by atoms with E-state index in [2.05, 4.69) is 5.32 Å². The number of hydrogen-bond donors (Lipinski definition) is 1. The van der Waals surface area contributed by atoms with E-state index in [0.29, 0.717) is 41.6 Å². The number of amides is 2. The molecule has 0 radical (unpaired) electrons. The van der Waals surface area contributed by atoms with E-state index in [-0.39, 0.29) is 22.6 Å². The quantitative estimate of drug-likeness (QED) is 0.602. The second-order valence-corrected chi connectivity index (χ2v) is 6.96. The zero-order valence-electron chi connectivity index (χ0n) is 17.3. The highest BCUT2D eigenvalue weighted by Crippen LogP contribution is 2.36. The number of carbonyl (C=O) groups is 2. The molecular weight excluding hydrogens is 431 g/mol. The van der Waals surface area contributed by atoms with Crippen LogP contribution >= 0.6 is 23.2 Å². The normalized spacial score (nSPS) is 10.3. The van der Waals surface area contributed by atoms with Crippen LogP contribution in [0.2, 0.25) is 10.0 Å². The highest BCUT2D eigenvalue weighted by atomic mass is 35.5. The van der Waals surface area contributed by atoms with Crippen LogP contribution in [0.5, 0.6) is 17.2 Å². The molecule has 0 saturated heterocycles. The third kappa shape index (κ3) is 5.70. The van der Waals surface area contributed by atoms with Gasteiger partial charge in [0.15, 0.2) is 18.1 Å². The number of likely N-dealkylation sites (N-methyl/N-ethyl adjacent to an activating group) is 1. The van der Waals surface area contributed by atoms with Gasteiger partial charge in [-0.2, -0.15) is 0 Å². The number of benzene rings is 2. The van der Waals surface area contributed by atoms with Crippen LogP contribution in [0.15, 0.2) is 30.3 Å². The lowest BCUT2D eigenvalue weighted by Crippen LogP contribution is -2.34. The zero-order chi connectivity index (χ0) is 22.3. The summed E-state index contributed by atoms with van der Waals surface area (Å²) in [5.74, 6) is 0.511. The number of carbonyl (C=O) groups excluding carboxylic acids is 2. The van der Waals surface area contributed by atoms with E-state index < -0.39 is 5.91 Å². The molecule has 0 atom stereocenters. The lowest BCUT2D eigenvalue weighted by atomic mass is 10.1. The van der Waals surface area contributed by atoms with Gasteiger partial charge in [0.1, 0.15) is 5.75 Å². The van der Waals surface area contributed by atoms with E-state index in [0.717, 1.165) is 0 Å². The monoisotopic (exact) mass is 454 g/mol. The Morgan fingerprint density at radius 1 is 0.967 bits per heavy atom. The van der Waals surface area contributed by atoms with Crippen molar-refractivity contribution in [2.75, 3.05) is 39.2 Å². The number of ether oxygens (including phenoxy) is 3. The SMILES string of the molecule is CCN(CC)C(=O)COc1ccc(NC(=O)c2cc(Cl)c(OC)c(OC)c2)cc1Cl. The summed E-state index contributed by atoms with van der Waals surface area (Å²) in [6.45, 7) is 4.90. The molecule has 0 aliphatic heterocycles. The number of anilines is 1. The number of rotatable bonds is 9. The molecule has 30 heavy (non-hydrogen) atoms. The number of nitrogens with zero attached hydrogens (tertiary/aromatic N) is 1. The van der Waals surface area contributed by atoms with Crippen molar-refractivity contribution in [2.45, 2.75) is 13.8 Å². The molecule has 0 spiro atoms. The summed E-state index contributed by atoms with van der Waals surface area (Å²) < 4.78 is 15.9. The van der Waals surface area contributed by atoms with Gasteiger partial charge in [0.25, 0.3) is 11.8 Å². The first-order valence-electron chi connectivity index (χ1n) is 9.27. The molecule has 162 valence electrons. The summed E-state index contributed by atoms with van der Waals surface area (Å²) in [5, 5.41) is 3.26. The molecule has 0 fully saturated rings. The van der Waals surface area contributed by atoms with Crippen LogP contribution in [-0.4, -0.2) is 50.6 Å². The molecule has 7 nitrogen and oxygen atoms in total. The van der Waals surface area contributed by atoms with E-state index in [4.69, 9.17) is 37.4 Å². The molecule has 2 amide bonds. The standard InChI is InChI=1S/C21H24Cl2N2O5/c1-5-25(6-2)19(26)12-30-17-8-7-14(11-15(17)22)24-21(27)13-9-16(23)20(29-4)18(10-13)28-3/h7-11H,5-6,12H2,1-4H3,(H,24,27). The Hall–Kier alpha value is -2.64. The van der Waals surface area contributed by atoms with Crippen molar-refractivity contribution < 1.29 is 23.8 Å². The second kappa shape index (κ2) is 10.9. The first-order chi connectivity index (χ1) is 14.3. The van der Waals surface area contributed by atoms with Crippen LogP contribution in [0, 0.1) is 0 Å². The Morgan fingerprint density at radius 2 is 1.67 bits per heavy atom. The third-order valence-corrected chi connectivity index (χ3v) is 4.93. The number of hydrogen-bond acceptors (Lipinski definition) is 5. The molecule has 0 heterocycles. The highest BCUT2D eigenvalue weighted by Gasteiger charge is 2.16. The topological polar surface area (TPSA) is 77.1 Å². The largest absolute Gasteiger partial charge is 0.493 e. The minimum Gasteiger partial charge on any atom is -0.493 e. The zero-order valence-corrected chi connectivity index (χ0v) is 18.8. The fourth-order valence-corrected chi connectivity index (χ4v) is 3.28. The predicted octanol–water partition coefficient (Wildman–Crippen LogP) is 4.51. The minimum absolute atomic E-state index is 0.114. The van der Waals surface area contributed by atoms with Crippen LogP contribution in [0.4, 0.5) is 5.69 Å². The Morgan fingerprint density at radius 3 is 2.23 bits per heavy atom. The van der Waals surface area contributed by atoms with Gasteiger partial charge >= 0.3 is 0 Å². The minimum atomic E-state index is -0.403. The molecule has 0 aromatic heterocycles. The van der Waals surface area contributed by atoms with Gasteiger partial charge in [-0.05, 0) is 44.2 Å². The van der Waals surface area contributed by atoms with Gasteiger partial charge < -0.3 is 24.4 Å². The maximum Gasteiger partial charge on any atom is 0.260 e. The van der Waals surface area contributed by atoms with E-state index in [1.807, 2.05) is 13.8 Å². The van der Waals surface area contributed by atoms with Crippen molar-refractivity contribution in [3.8, 4) is 17.2 Å².